The zero-order valence-electron chi connectivity index (χ0n) is 12.7. The molecule has 2 heterocycles. The summed E-state index contributed by atoms with van der Waals surface area (Å²) < 4.78 is 0. The van der Waals surface area contributed by atoms with E-state index in [9.17, 15) is 4.79 Å². The van der Waals surface area contributed by atoms with Crippen molar-refractivity contribution in [2.45, 2.75) is 20.3 Å². The molecule has 0 saturated heterocycles. The number of nitrogens with zero attached hydrogens (tertiary/aromatic N) is 1. The molecule has 0 spiro atoms. The van der Waals surface area contributed by atoms with Crippen molar-refractivity contribution in [1.29, 1.82) is 0 Å². The van der Waals surface area contributed by atoms with Gasteiger partial charge in [-0.1, -0.05) is 23.7 Å². The predicted molar refractivity (Wildman–Crippen MR) is 98.7 cm³/mol. The van der Waals surface area contributed by atoms with E-state index in [2.05, 4.69) is 10.3 Å². The molecule has 1 amide bonds. The monoisotopic (exact) mass is 362 g/mol. The molecule has 23 heavy (non-hydrogen) atoms. The SMILES string of the molecule is Cc1nc(-c2cccs2)c(CC(=O)Nc2cccc(Cl)c2C)s1. The highest BCUT2D eigenvalue weighted by atomic mass is 35.5. The topological polar surface area (TPSA) is 42.0 Å². The second-order valence-electron chi connectivity index (χ2n) is 5.12. The highest BCUT2D eigenvalue weighted by Gasteiger charge is 2.16. The summed E-state index contributed by atoms with van der Waals surface area (Å²) in [5.74, 6) is -0.0585. The lowest BCUT2D eigenvalue weighted by molar-refractivity contribution is -0.115. The smallest absolute Gasteiger partial charge is 0.229 e. The van der Waals surface area contributed by atoms with Gasteiger partial charge in [-0.3, -0.25) is 4.79 Å². The predicted octanol–water partition coefficient (Wildman–Crippen LogP) is 5.32. The first-order valence-corrected chi connectivity index (χ1v) is 9.17. The largest absolute Gasteiger partial charge is 0.325 e. The number of nitrogens with one attached hydrogen (secondary N) is 1. The highest BCUT2D eigenvalue weighted by molar-refractivity contribution is 7.15. The standard InChI is InChI=1S/C17H15ClN2OS2/c1-10-12(18)5-3-6-13(10)20-16(21)9-15-17(19-11(2)23-15)14-7-4-8-22-14/h3-8H,9H2,1-2H3,(H,20,21). The van der Waals surface area contributed by atoms with Crippen LogP contribution in [0.4, 0.5) is 5.69 Å². The first-order chi connectivity index (χ1) is 11.0. The van der Waals surface area contributed by atoms with Crippen LogP contribution in [0.1, 0.15) is 15.4 Å². The molecule has 0 aliphatic rings. The van der Waals surface area contributed by atoms with E-state index in [-0.39, 0.29) is 5.91 Å². The Morgan fingerprint density at radius 2 is 2.09 bits per heavy atom. The molecule has 3 aromatic rings. The van der Waals surface area contributed by atoms with E-state index in [1.165, 1.54) is 0 Å². The summed E-state index contributed by atoms with van der Waals surface area (Å²) in [6.07, 6.45) is 0.310. The second kappa shape index (κ2) is 6.83. The molecule has 118 valence electrons. The lowest BCUT2D eigenvalue weighted by atomic mass is 10.2. The van der Waals surface area contributed by atoms with Crippen LogP contribution in [0.2, 0.25) is 5.02 Å². The maximum atomic E-state index is 12.4. The summed E-state index contributed by atoms with van der Waals surface area (Å²) in [5, 5.41) is 6.57. The molecule has 0 fully saturated rings. The van der Waals surface area contributed by atoms with Gasteiger partial charge in [-0.25, -0.2) is 4.98 Å². The van der Waals surface area contributed by atoms with Crippen molar-refractivity contribution < 1.29 is 4.79 Å². The minimum atomic E-state index is -0.0585. The number of hydrogen-bond donors (Lipinski definition) is 1. The zero-order chi connectivity index (χ0) is 16.4. The van der Waals surface area contributed by atoms with Crippen molar-refractivity contribution in [3.8, 4) is 10.6 Å². The average molecular weight is 363 g/mol. The Balaban J connectivity index is 1.80. The number of aryl methyl sites for hydroxylation is 1. The fourth-order valence-electron chi connectivity index (χ4n) is 2.28. The van der Waals surface area contributed by atoms with Gasteiger partial charge in [-0.2, -0.15) is 0 Å². The van der Waals surface area contributed by atoms with Crippen LogP contribution in [0.15, 0.2) is 35.7 Å². The molecule has 0 aliphatic carbocycles. The normalized spacial score (nSPS) is 10.7. The summed E-state index contributed by atoms with van der Waals surface area (Å²) >= 11 is 9.30. The molecule has 1 aromatic carbocycles. The van der Waals surface area contributed by atoms with Crippen LogP contribution in [0.25, 0.3) is 10.6 Å². The molecule has 0 atom stereocenters. The Morgan fingerprint density at radius 3 is 2.83 bits per heavy atom. The summed E-state index contributed by atoms with van der Waals surface area (Å²) in [7, 11) is 0. The van der Waals surface area contributed by atoms with E-state index in [4.69, 9.17) is 11.6 Å². The van der Waals surface area contributed by atoms with Gasteiger partial charge in [0.15, 0.2) is 0 Å². The number of carbonyl (C=O) groups is 1. The van der Waals surface area contributed by atoms with Crippen molar-refractivity contribution in [2.75, 3.05) is 5.32 Å². The Bertz CT molecular complexity index is 840. The highest BCUT2D eigenvalue weighted by Crippen LogP contribution is 2.32. The van der Waals surface area contributed by atoms with Crippen LogP contribution in [0.3, 0.4) is 0 Å². The molecule has 3 nitrogen and oxygen atoms in total. The van der Waals surface area contributed by atoms with Crippen LogP contribution in [0.5, 0.6) is 0 Å². The zero-order valence-corrected chi connectivity index (χ0v) is 15.1. The summed E-state index contributed by atoms with van der Waals surface area (Å²) in [6, 6.07) is 9.53. The minimum Gasteiger partial charge on any atom is -0.325 e. The molecule has 0 radical (unpaired) electrons. The van der Waals surface area contributed by atoms with Crippen molar-refractivity contribution >= 4 is 45.9 Å². The van der Waals surface area contributed by atoms with Crippen LogP contribution >= 0.6 is 34.3 Å². The number of halogens is 1. The second-order valence-corrected chi connectivity index (χ2v) is 7.76. The summed E-state index contributed by atoms with van der Waals surface area (Å²) in [6.45, 7) is 3.86. The first-order valence-electron chi connectivity index (χ1n) is 7.09. The van der Waals surface area contributed by atoms with E-state index in [1.54, 1.807) is 22.7 Å². The van der Waals surface area contributed by atoms with Crippen LogP contribution in [-0.2, 0) is 11.2 Å². The van der Waals surface area contributed by atoms with E-state index >= 15 is 0 Å². The van der Waals surface area contributed by atoms with E-state index in [0.717, 1.165) is 31.7 Å². The molecule has 0 aliphatic heterocycles. The number of thiophene rings is 1. The fraction of sp³-hybridized carbons (Fsp3) is 0.176. The van der Waals surface area contributed by atoms with Gasteiger partial charge in [0.1, 0.15) is 0 Å². The third-order valence-corrected chi connectivity index (χ3v) is 5.68. The maximum Gasteiger partial charge on any atom is 0.229 e. The third-order valence-electron chi connectivity index (χ3n) is 3.42. The van der Waals surface area contributed by atoms with Gasteiger partial charge in [0.2, 0.25) is 5.91 Å². The van der Waals surface area contributed by atoms with Crippen molar-refractivity contribution in [3.63, 3.8) is 0 Å². The Morgan fingerprint density at radius 1 is 1.26 bits per heavy atom. The van der Waals surface area contributed by atoms with Crippen molar-refractivity contribution in [1.82, 2.24) is 4.98 Å². The number of aromatic nitrogens is 1. The molecule has 3 rings (SSSR count). The number of carbonyl (C=O) groups excluding carboxylic acids is 1. The summed E-state index contributed by atoms with van der Waals surface area (Å²) in [5.41, 5.74) is 2.54. The molecule has 0 unspecified atom stereocenters. The lowest BCUT2D eigenvalue weighted by Crippen LogP contribution is -2.15. The van der Waals surface area contributed by atoms with Gasteiger partial charge < -0.3 is 5.32 Å². The molecule has 0 bridgehead atoms. The van der Waals surface area contributed by atoms with Gasteiger partial charge in [-0.05, 0) is 43.0 Å². The van der Waals surface area contributed by atoms with Gasteiger partial charge in [-0.15, -0.1) is 22.7 Å². The van der Waals surface area contributed by atoms with E-state index in [0.29, 0.717) is 11.4 Å². The summed E-state index contributed by atoms with van der Waals surface area (Å²) in [4.78, 5) is 19.1. The van der Waals surface area contributed by atoms with Crippen molar-refractivity contribution in [2.24, 2.45) is 0 Å². The van der Waals surface area contributed by atoms with E-state index in [1.807, 2.05) is 49.6 Å². The molecule has 2 aromatic heterocycles. The van der Waals surface area contributed by atoms with Gasteiger partial charge in [0.25, 0.3) is 0 Å². The van der Waals surface area contributed by atoms with E-state index < -0.39 is 0 Å². The first kappa shape index (κ1) is 16.2. The average Bonchev–Trinajstić information content (AvgIpc) is 3.13. The number of rotatable bonds is 4. The minimum absolute atomic E-state index is 0.0585. The van der Waals surface area contributed by atoms with Gasteiger partial charge >= 0.3 is 0 Å². The molecule has 6 heteroatoms. The number of benzene rings is 1. The van der Waals surface area contributed by atoms with Crippen molar-refractivity contribution in [3.05, 3.63) is 56.2 Å². The molecular weight excluding hydrogens is 348 g/mol. The molecule has 0 saturated carbocycles. The molecular formula is C17H15ClN2OS2. The number of thiazole rings is 1. The van der Waals surface area contributed by atoms with Crippen LogP contribution < -0.4 is 5.32 Å². The van der Waals surface area contributed by atoms with Gasteiger partial charge in [0, 0.05) is 15.6 Å². The fourth-order valence-corrected chi connectivity index (χ4v) is 4.21. The molecule has 1 N–H and O–H groups in total. The Kier molecular flexibility index (Phi) is 4.80. The number of anilines is 1. The third kappa shape index (κ3) is 3.63. The Labute approximate surface area is 148 Å². The Hall–Kier alpha value is -1.69. The number of hydrogen-bond acceptors (Lipinski definition) is 4. The lowest BCUT2D eigenvalue weighted by Gasteiger charge is -2.09. The van der Waals surface area contributed by atoms with Gasteiger partial charge in [0.05, 0.1) is 22.0 Å². The number of amides is 1. The maximum absolute atomic E-state index is 12.4. The van der Waals surface area contributed by atoms with Crippen LogP contribution in [0, 0.1) is 13.8 Å². The quantitative estimate of drug-likeness (QED) is 0.682. The van der Waals surface area contributed by atoms with Crippen LogP contribution in [-0.4, -0.2) is 10.9 Å².